The summed E-state index contributed by atoms with van der Waals surface area (Å²) in [5.74, 6) is -1.77. The van der Waals surface area contributed by atoms with E-state index in [0.717, 1.165) is 10.4 Å². The SMILES string of the molecule is CN(C1CCNC1)S(=O)(=O)c1cc(F)c(Br)cc1F.Cl. The Kier molecular flexibility index (Phi) is 5.91. The lowest BCUT2D eigenvalue weighted by molar-refractivity contribution is 0.384. The maximum Gasteiger partial charge on any atom is 0.246 e. The van der Waals surface area contributed by atoms with Crippen LogP contribution < -0.4 is 5.32 Å². The normalized spacial score (nSPS) is 19.1. The zero-order valence-electron chi connectivity index (χ0n) is 10.6. The molecule has 4 nitrogen and oxygen atoms in total. The van der Waals surface area contributed by atoms with Crippen LogP contribution in [0.3, 0.4) is 0 Å². The fourth-order valence-corrected chi connectivity index (χ4v) is 3.76. The Morgan fingerprint density at radius 1 is 1.35 bits per heavy atom. The van der Waals surface area contributed by atoms with Crippen LogP contribution in [0.2, 0.25) is 0 Å². The molecular weight excluding hydrogens is 378 g/mol. The lowest BCUT2D eigenvalue weighted by Crippen LogP contribution is -2.38. The van der Waals surface area contributed by atoms with Crippen LogP contribution in [-0.4, -0.2) is 38.9 Å². The predicted octanol–water partition coefficient (Wildman–Crippen LogP) is 2.13. The van der Waals surface area contributed by atoms with E-state index in [1.54, 1.807) is 0 Å². The van der Waals surface area contributed by atoms with E-state index in [1.165, 1.54) is 7.05 Å². The summed E-state index contributed by atoms with van der Waals surface area (Å²) in [5.41, 5.74) is 0. The lowest BCUT2D eigenvalue weighted by atomic mass is 10.3. The Balaban J connectivity index is 0.00000200. The average molecular weight is 392 g/mol. The number of hydrogen-bond acceptors (Lipinski definition) is 3. The topological polar surface area (TPSA) is 49.4 Å². The molecule has 0 aromatic heterocycles. The van der Waals surface area contributed by atoms with Gasteiger partial charge in [0.25, 0.3) is 0 Å². The van der Waals surface area contributed by atoms with Gasteiger partial charge < -0.3 is 5.32 Å². The minimum absolute atomic E-state index is 0. The number of sulfonamides is 1. The molecule has 0 aliphatic carbocycles. The summed E-state index contributed by atoms with van der Waals surface area (Å²) in [6.07, 6.45) is 0.649. The maximum atomic E-state index is 13.8. The summed E-state index contributed by atoms with van der Waals surface area (Å²) in [4.78, 5) is -0.636. The Morgan fingerprint density at radius 2 is 2.00 bits per heavy atom. The maximum absolute atomic E-state index is 13.8. The van der Waals surface area contributed by atoms with E-state index in [1.807, 2.05) is 0 Å². The Bertz CT molecular complexity index is 594. The van der Waals surface area contributed by atoms with Gasteiger partial charge in [-0.25, -0.2) is 17.2 Å². The van der Waals surface area contributed by atoms with Crippen molar-refractivity contribution < 1.29 is 17.2 Å². The van der Waals surface area contributed by atoms with Gasteiger partial charge in [0, 0.05) is 19.6 Å². The van der Waals surface area contributed by atoms with Gasteiger partial charge in [0.15, 0.2) is 0 Å². The summed E-state index contributed by atoms with van der Waals surface area (Å²) in [6, 6.07) is 1.28. The van der Waals surface area contributed by atoms with Crippen LogP contribution in [0.15, 0.2) is 21.5 Å². The summed E-state index contributed by atoms with van der Waals surface area (Å²) >= 11 is 2.82. The molecule has 1 N–H and O–H groups in total. The quantitative estimate of drug-likeness (QED) is 0.803. The number of nitrogens with one attached hydrogen (secondary N) is 1. The van der Waals surface area contributed by atoms with Crippen molar-refractivity contribution in [3.05, 3.63) is 28.2 Å². The number of halogens is 4. The van der Waals surface area contributed by atoms with Gasteiger partial charge in [-0.2, -0.15) is 4.31 Å². The molecule has 114 valence electrons. The highest BCUT2D eigenvalue weighted by Crippen LogP contribution is 2.26. The second kappa shape index (κ2) is 6.65. The van der Waals surface area contributed by atoms with Crippen LogP contribution in [0.1, 0.15) is 6.42 Å². The molecule has 1 saturated heterocycles. The van der Waals surface area contributed by atoms with Gasteiger partial charge in [-0.3, -0.25) is 0 Å². The first-order valence-corrected chi connectivity index (χ1v) is 7.90. The Labute approximate surface area is 131 Å². The predicted molar refractivity (Wildman–Crippen MR) is 77.5 cm³/mol. The van der Waals surface area contributed by atoms with E-state index >= 15 is 0 Å². The molecule has 9 heteroatoms. The van der Waals surface area contributed by atoms with Gasteiger partial charge in [0.05, 0.1) is 4.47 Å². The molecule has 0 radical (unpaired) electrons. The fourth-order valence-electron chi connectivity index (χ4n) is 2.00. The molecule has 1 aliphatic rings. The summed E-state index contributed by atoms with van der Waals surface area (Å²) < 4.78 is 52.7. The van der Waals surface area contributed by atoms with Gasteiger partial charge in [-0.05, 0) is 41.0 Å². The monoisotopic (exact) mass is 390 g/mol. The molecule has 0 amide bonds. The average Bonchev–Trinajstić information content (AvgIpc) is 2.86. The van der Waals surface area contributed by atoms with E-state index in [-0.39, 0.29) is 22.9 Å². The molecule has 0 spiro atoms. The first-order chi connectivity index (χ1) is 8.84. The second-order valence-electron chi connectivity index (χ2n) is 4.36. The van der Waals surface area contributed by atoms with Crippen molar-refractivity contribution in [3.63, 3.8) is 0 Å². The van der Waals surface area contributed by atoms with E-state index in [4.69, 9.17) is 0 Å². The van der Waals surface area contributed by atoms with Crippen molar-refractivity contribution >= 4 is 38.4 Å². The van der Waals surface area contributed by atoms with Crippen LogP contribution in [0.25, 0.3) is 0 Å². The van der Waals surface area contributed by atoms with Crippen molar-refractivity contribution in [2.24, 2.45) is 0 Å². The number of nitrogens with zero attached hydrogens (tertiary/aromatic N) is 1. The van der Waals surface area contributed by atoms with Gasteiger partial charge in [-0.15, -0.1) is 12.4 Å². The van der Waals surface area contributed by atoms with E-state index in [2.05, 4.69) is 21.2 Å². The zero-order chi connectivity index (χ0) is 14.2. The molecule has 1 fully saturated rings. The molecule has 1 aliphatic heterocycles. The van der Waals surface area contributed by atoms with Crippen LogP contribution in [-0.2, 0) is 10.0 Å². The summed E-state index contributed by atoms with van der Waals surface area (Å²) in [5, 5.41) is 3.03. The third kappa shape index (κ3) is 3.30. The largest absolute Gasteiger partial charge is 0.315 e. The molecule has 2 rings (SSSR count). The molecular formula is C11H14BrClF2N2O2S. The highest BCUT2D eigenvalue weighted by Gasteiger charge is 2.32. The van der Waals surface area contributed by atoms with Crippen LogP contribution in [0.4, 0.5) is 8.78 Å². The highest BCUT2D eigenvalue weighted by atomic mass is 79.9. The fraction of sp³-hybridized carbons (Fsp3) is 0.455. The molecule has 1 aromatic carbocycles. The standard InChI is InChI=1S/C11H13BrF2N2O2S.ClH/c1-16(7-2-3-15-6-7)19(17,18)11-5-9(13)8(12)4-10(11)14;/h4-5,7,15H,2-3,6H2,1H3;1H. The number of hydrogen-bond donors (Lipinski definition) is 1. The second-order valence-corrected chi connectivity index (χ2v) is 7.18. The number of rotatable bonds is 3. The first kappa shape index (κ1) is 17.8. The van der Waals surface area contributed by atoms with Crippen LogP contribution >= 0.6 is 28.3 Å². The van der Waals surface area contributed by atoms with Crippen molar-refractivity contribution in [2.75, 3.05) is 20.1 Å². The minimum atomic E-state index is -4.03. The molecule has 1 atom stereocenters. The lowest BCUT2D eigenvalue weighted by Gasteiger charge is -2.23. The third-order valence-electron chi connectivity index (χ3n) is 3.18. The number of benzene rings is 1. The van der Waals surface area contributed by atoms with Crippen molar-refractivity contribution in [3.8, 4) is 0 Å². The van der Waals surface area contributed by atoms with E-state index in [9.17, 15) is 17.2 Å². The molecule has 0 bridgehead atoms. The smallest absolute Gasteiger partial charge is 0.246 e. The zero-order valence-corrected chi connectivity index (χ0v) is 13.8. The molecule has 1 heterocycles. The first-order valence-electron chi connectivity index (χ1n) is 5.67. The van der Waals surface area contributed by atoms with Crippen molar-refractivity contribution in [1.82, 2.24) is 9.62 Å². The van der Waals surface area contributed by atoms with Gasteiger partial charge >= 0.3 is 0 Å². The minimum Gasteiger partial charge on any atom is -0.315 e. The molecule has 1 aromatic rings. The Morgan fingerprint density at radius 3 is 2.55 bits per heavy atom. The van der Waals surface area contributed by atoms with Gasteiger partial charge in [0.2, 0.25) is 10.0 Å². The van der Waals surface area contributed by atoms with Crippen molar-refractivity contribution in [1.29, 1.82) is 0 Å². The van der Waals surface area contributed by atoms with Crippen molar-refractivity contribution in [2.45, 2.75) is 17.4 Å². The summed E-state index contributed by atoms with van der Waals surface area (Å²) in [7, 11) is -2.65. The van der Waals surface area contributed by atoms with E-state index in [0.29, 0.717) is 25.6 Å². The number of likely N-dealkylation sites (N-methyl/N-ethyl adjacent to an activating group) is 1. The van der Waals surface area contributed by atoms with Gasteiger partial charge in [-0.1, -0.05) is 0 Å². The van der Waals surface area contributed by atoms with Crippen LogP contribution in [0.5, 0.6) is 0 Å². The molecule has 20 heavy (non-hydrogen) atoms. The summed E-state index contributed by atoms with van der Waals surface area (Å²) in [6.45, 7) is 1.22. The van der Waals surface area contributed by atoms with E-state index < -0.39 is 26.6 Å². The van der Waals surface area contributed by atoms with Gasteiger partial charge in [0.1, 0.15) is 16.5 Å². The third-order valence-corrected chi connectivity index (χ3v) is 5.71. The Hall–Kier alpha value is -0.280. The molecule has 1 unspecified atom stereocenters. The van der Waals surface area contributed by atoms with Crippen LogP contribution in [0, 0.1) is 11.6 Å². The highest BCUT2D eigenvalue weighted by molar-refractivity contribution is 9.10. The molecule has 0 saturated carbocycles.